The molecular formula is C12H16N4OS. The fraction of sp³-hybridized carbons (Fsp3) is 0.583. The Bertz CT molecular complexity index is 473. The Labute approximate surface area is 111 Å². The number of aromatic nitrogens is 3. The maximum Gasteiger partial charge on any atom is 0.231 e. The van der Waals surface area contributed by atoms with Crippen molar-refractivity contribution >= 4 is 17.7 Å². The Morgan fingerprint density at radius 2 is 2.39 bits per heavy atom. The van der Waals surface area contributed by atoms with Crippen LogP contribution in [-0.2, 0) is 11.3 Å². The standard InChI is InChI=1S/C12H16N4OS/c1-3-7-13-10(17)8-18-12-15-14-11(9-5-6-9)16(12)4-2/h1,9H,4-8H2,2H3,(H,13,17). The zero-order valence-electron chi connectivity index (χ0n) is 10.3. The molecule has 0 saturated heterocycles. The Hall–Kier alpha value is -1.48. The number of carbonyl (C=O) groups is 1. The summed E-state index contributed by atoms with van der Waals surface area (Å²) in [5.74, 6) is 4.25. The van der Waals surface area contributed by atoms with E-state index in [4.69, 9.17) is 6.42 Å². The lowest BCUT2D eigenvalue weighted by atomic mass is 10.4. The largest absolute Gasteiger partial charge is 0.344 e. The lowest BCUT2D eigenvalue weighted by Gasteiger charge is -2.06. The molecule has 0 radical (unpaired) electrons. The van der Waals surface area contributed by atoms with Gasteiger partial charge in [0.1, 0.15) is 5.82 Å². The molecule has 1 saturated carbocycles. The van der Waals surface area contributed by atoms with Crippen molar-refractivity contribution in [2.45, 2.75) is 37.4 Å². The van der Waals surface area contributed by atoms with Crippen molar-refractivity contribution in [2.24, 2.45) is 0 Å². The summed E-state index contributed by atoms with van der Waals surface area (Å²) in [6.45, 7) is 3.18. The molecule has 6 heteroatoms. The van der Waals surface area contributed by atoms with Gasteiger partial charge < -0.3 is 9.88 Å². The van der Waals surface area contributed by atoms with Gasteiger partial charge >= 0.3 is 0 Å². The van der Waals surface area contributed by atoms with Gasteiger partial charge in [-0.1, -0.05) is 17.7 Å². The van der Waals surface area contributed by atoms with E-state index in [2.05, 4.69) is 32.9 Å². The number of rotatable bonds is 6. The first kappa shape index (κ1) is 13.0. The monoisotopic (exact) mass is 264 g/mol. The van der Waals surface area contributed by atoms with Crippen molar-refractivity contribution in [2.75, 3.05) is 12.3 Å². The second kappa shape index (κ2) is 5.91. The number of carbonyl (C=O) groups excluding carboxylic acids is 1. The zero-order chi connectivity index (χ0) is 13.0. The molecule has 1 aliphatic rings. The summed E-state index contributed by atoms with van der Waals surface area (Å²) in [5, 5.41) is 11.8. The second-order valence-corrected chi connectivity index (χ2v) is 5.07. The molecule has 1 amide bonds. The van der Waals surface area contributed by atoms with Crippen LogP contribution in [0.3, 0.4) is 0 Å². The van der Waals surface area contributed by atoms with E-state index < -0.39 is 0 Å². The first-order valence-electron chi connectivity index (χ1n) is 6.02. The van der Waals surface area contributed by atoms with Crippen molar-refractivity contribution in [3.63, 3.8) is 0 Å². The molecule has 1 aliphatic carbocycles. The predicted molar refractivity (Wildman–Crippen MR) is 70.2 cm³/mol. The minimum absolute atomic E-state index is 0.0726. The molecular weight excluding hydrogens is 248 g/mol. The third-order valence-corrected chi connectivity index (χ3v) is 3.69. The summed E-state index contributed by atoms with van der Waals surface area (Å²) < 4.78 is 2.09. The SMILES string of the molecule is C#CCNC(=O)CSc1nnc(C2CC2)n1CC. The highest BCUT2D eigenvalue weighted by Crippen LogP contribution is 2.39. The van der Waals surface area contributed by atoms with Crippen LogP contribution < -0.4 is 5.32 Å². The summed E-state index contributed by atoms with van der Waals surface area (Å²) in [6, 6.07) is 0. The van der Waals surface area contributed by atoms with Gasteiger partial charge in [0.2, 0.25) is 5.91 Å². The molecule has 0 atom stereocenters. The smallest absolute Gasteiger partial charge is 0.231 e. The first-order valence-corrected chi connectivity index (χ1v) is 7.00. The van der Waals surface area contributed by atoms with E-state index in [1.165, 1.54) is 24.6 Å². The highest BCUT2D eigenvalue weighted by atomic mass is 32.2. The summed E-state index contributed by atoms with van der Waals surface area (Å²) in [4.78, 5) is 11.4. The maximum absolute atomic E-state index is 11.4. The van der Waals surface area contributed by atoms with Gasteiger partial charge in [-0.3, -0.25) is 4.79 Å². The van der Waals surface area contributed by atoms with E-state index in [-0.39, 0.29) is 12.5 Å². The van der Waals surface area contributed by atoms with E-state index in [9.17, 15) is 4.79 Å². The van der Waals surface area contributed by atoms with Gasteiger partial charge in [-0.25, -0.2) is 0 Å². The van der Waals surface area contributed by atoms with Crippen molar-refractivity contribution in [3.8, 4) is 12.3 Å². The predicted octanol–water partition coefficient (Wildman–Crippen LogP) is 1.02. The van der Waals surface area contributed by atoms with Crippen LogP contribution in [-0.4, -0.2) is 33.0 Å². The van der Waals surface area contributed by atoms with Crippen LogP contribution in [0.4, 0.5) is 0 Å². The van der Waals surface area contributed by atoms with E-state index >= 15 is 0 Å². The highest BCUT2D eigenvalue weighted by molar-refractivity contribution is 7.99. The number of nitrogens with one attached hydrogen (secondary N) is 1. The number of amides is 1. The molecule has 0 bridgehead atoms. The van der Waals surface area contributed by atoms with Gasteiger partial charge in [-0.05, 0) is 19.8 Å². The quantitative estimate of drug-likeness (QED) is 0.615. The van der Waals surface area contributed by atoms with Crippen molar-refractivity contribution in [1.82, 2.24) is 20.1 Å². The van der Waals surface area contributed by atoms with Crippen LogP contribution in [0, 0.1) is 12.3 Å². The van der Waals surface area contributed by atoms with Gasteiger partial charge in [0.25, 0.3) is 0 Å². The summed E-state index contributed by atoms with van der Waals surface area (Å²) in [7, 11) is 0. The van der Waals surface area contributed by atoms with Crippen LogP contribution >= 0.6 is 11.8 Å². The number of hydrogen-bond donors (Lipinski definition) is 1. The zero-order valence-corrected chi connectivity index (χ0v) is 11.2. The van der Waals surface area contributed by atoms with E-state index in [0.29, 0.717) is 11.7 Å². The average Bonchev–Trinajstić information content (AvgIpc) is 3.14. The highest BCUT2D eigenvalue weighted by Gasteiger charge is 2.29. The van der Waals surface area contributed by atoms with Crippen LogP contribution in [0.25, 0.3) is 0 Å². The third-order valence-electron chi connectivity index (χ3n) is 2.72. The summed E-state index contributed by atoms with van der Waals surface area (Å²) in [6.07, 6.45) is 7.48. The molecule has 2 rings (SSSR count). The maximum atomic E-state index is 11.4. The molecule has 0 spiro atoms. The lowest BCUT2D eigenvalue weighted by molar-refractivity contribution is -0.118. The number of thioether (sulfide) groups is 1. The number of terminal acetylenes is 1. The molecule has 1 fully saturated rings. The number of hydrogen-bond acceptors (Lipinski definition) is 4. The molecule has 0 aromatic carbocycles. The lowest BCUT2D eigenvalue weighted by Crippen LogP contribution is -2.25. The Morgan fingerprint density at radius 1 is 1.61 bits per heavy atom. The molecule has 0 unspecified atom stereocenters. The van der Waals surface area contributed by atoms with Crippen LogP contribution in [0.1, 0.15) is 31.5 Å². The van der Waals surface area contributed by atoms with Crippen LogP contribution in [0.5, 0.6) is 0 Å². The minimum Gasteiger partial charge on any atom is -0.344 e. The molecule has 5 nitrogen and oxygen atoms in total. The summed E-state index contributed by atoms with van der Waals surface area (Å²) in [5.41, 5.74) is 0. The van der Waals surface area contributed by atoms with Crippen molar-refractivity contribution in [1.29, 1.82) is 0 Å². The molecule has 1 heterocycles. The molecule has 1 N–H and O–H groups in total. The van der Waals surface area contributed by atoms with E-state index in [1.807, 2.05) is 0 Å². The normalized spacial score (nSPS) is 14.2. The Morgan fingerprint density at radius 3 is 3.00 bits per heavy atom. The second-order valence-electron chi connectivity index (χ2n) is 4.13. The minimum atomic E-state index is -0.0726. The molecule has 96 valence electrons. The van der Waals surface area contributed by atoms with Gasteiger partial charge in [0.15, 0.2) is 5.16 Å². The van der Waals surface area contributed by atoms with Gasteiger partial charge in [-0.2, -0.15) is 0 Å². The number of nitrogens with zero attached hydrogens (tertiary/aromatic N) is 3. The van der Waals surface area contributed by atoms with Crippen molar-refractivity contribution < 1.29 is 4.79 Å². The fourth-order valence-electron chi connectivity index (χ4n) is 1.68. The van der Waals surface area contributed by atoms with Crippen molar-refractivity contribution in [3.05, 3.63) is 5.82 Å². The first-order chi connectivity index (χ1) is 8.76. The molecule has 0 aliphatic heterocycles. The molecule has 1 aromatic rings. The Balaban J connectivity index is 1.93. The fourth-order valence-corrected chi connectivity index (χ4v) is 2.52. The topological polar surface area (TPSA) is 59.8 Å². The average molecular weight is 264 g/mol. The third kappa shape index (κ3) is 3.05. The molecule has 18 heavy (non-hydrogen) atoms. The van der Waals surface area contributed by atoms with Gasteiger partial charge in [0.05, 0.1) is 12.3 Å². The molecule has 1 aromatic heterocycles. The van der Waals surface area contributed by atoms with E-state index in [0.717, 1.165) is 17.5 Å². The van der Waals surface area contributed by atoms with E-state index in [1.54, 1.807) is 0 Å². The van der Waals surface area contributed by atoms with Gasteiger partial charge in [0, 0.05) is 12.5 Å². The van der Waals surface area contributed by atoms with Crippen LogP contribution in [0.15, 0.2) is 5.16 Å². The Kier molecular flexibility index (Phi) is 4.26. The summed E-state index contributed by atoms with van der Waals surface area (Å²) >= 11 is 1.40. The van der Waals surface area contributed by atoms with Gasteiger partial charge in [-0.15, -0.1) is 16.6 Å². The van der Waals surface area contributed by atoms with Crippen LogP contribution in [0.2, 0.25) is 0 Å².